The van der Waals surface area contributed by atoms with Crippen LogP contribution in [0.4, 0.5) is 4.39 Å². The molecule has 4 aromatic rings. The number of carbonyl (C=O) groups is 1. The van der Waals surface area contributed by atoms with Crippen LogP contribution in [0, 0.1) is 5.82 Å². The number of halogens is 1. The zero-order valence-electron chi connectivity index (χ0n) is 14.9. The quantitative estimate of drug-likeness (QED) is 0.578. The Morgan fingerprint density at radius 2 is 1.85 bits per heavy atom. The van der Waals surface area contributed by atoms with Crippen molar-refractivity contribution >= 4 is 27.6 Å². The molecule has 2 N–H and O–H groups in total. The van der Waals surface area contributed by atoms with Crippen LogP contribution >= 0.6 is 0 Å². The third-order valence-electron chi connectivity index (χ3n) is 5.01. The van der Waals surface area contributed by atoms with Crippen LogP contribution in [-0.4, -0.2) is 27.8 Å². The fourth-order valence-corrected chi connectivity index (χ4v) is 3.37. The molecule has 27 heavy (non-hydrogen) atoms. The minimum Gasteiger partial charge on any atom is -0.351 e. The molecular formula is C21H18FN3O2. The van der Waals surface area contributed by atoms with Crippen molar-refractivity contribution in [3.8, 4) is 0 Å². The molecule has 1 unspecified atom stereocenters. The van der Waals surface area contributed by atoms with Crippen molar-refractivity contribution in [1.29, 1.82) is 0 Å². The van der Waals surface area contributed by atoms with Crippen LogP contribution in [0.2, 0.25) is 0 Å². The molecule has 2 heterocycles. The van der Waals surface area contributed by atoms with E-state index in [4.69, 9.17) is 0 Å². The summed E-state index contributed by atoms with van der Waals surface area (Å²) in [6, 6.07) is 13.0. The van der Waals surface area contributed by atoms with Gasteiger partial charge in [-0.25, -0.2) is 4.39 Å². The first-order valence-corrected chi connectivity index (χ1v) is 8.61. The summed E-state index contributed by atoms with van der Waals surface area (Å²) in [7, 11) is 1.71. The summed E-state index contributed by atoms with van der Waals surface area (Å²) in [5.41, 5.74) is 1.78. The van der Waals surface area contributed by atoms with E-state index in [1.165, 1.54) is 12.1 Å². The van der Waals surface area contributed by atoms with Crippen LogP contribution in [0.1, 0.15) is 29.0 Å². The molecule has 0 spiro atoms. The van der Waals surface area contributed by atoms with Gasteiger partial charge in [-0.05, 0) is 48.2 Å². The lowest BCUT2D eigenvalue weighted by molar-refractivity contribution is 0.0738. The van der Waals surface area contributed by atoms with Crippen LogP contribution in [0.25, 0.3) is 21.7 Å². The Hall–Kier alpha value is -3.41. The van der Waals surface area contributed by atoms with Gasteiger partial charge in [0.25, 0.3) is 11.5 Å². The summed E-state index contributed by atoms with van der Waals surface area (Å²) in [5, 5.41) is 2.05. The van der Waals surface area contributed by atoms with Crippen molar-refractivity contribution in [3.63, 3.8) is 0 Å². The van der Waals surface area contributed by atoms with Crippen molar-refractivity contribution in [2.45, 2.75) is 13.0 Å². The molecule has 4 rings (SSSR count). The van der Waals surface area contributed by atoms with Gasteiger partial charge < -0.3 is 14.9 Å². The number of hydrogen-bond acceptors (Lipinski definition) is 2. The van der Waals surface area contributed by atoms with Crippen LogP contribution in [0.15, 0.2) is 59.5 Å². The van der Waals surface area contributed by atoms with Crippen molar-refractivity contribution in [2.24, 2.45) is 0 Å². The van der Waals surface area contributed by atoms with Gasteiger partial charge in [-0.15, -0.1) is 0 Å². The predicted octanol–water partition coefficient (Wildman–Crippen LogP) is 3.98. The maximum atomic E-state index is 13.4. The highest BCUT2D eigenvalue weighted by atomic mass is 19.1. The van der Waals surface area contributed by atoms with E-state index in [1.54, 1.807) is 36.3 Å². The van der Waals surface area contributed by atoms with E-state index in [9.17, 15) is 14.0 Å². The van der Waals surface area contributed by atoms with Crippen LogP contribution in [-0.2, 0) is 0 Å². The van der Waals surface area contributed by atoms with Gasteiger partial charge in [0.05, 0.1) is 6.04 Å². The Kier molecular flexibility index (Phi) is 4.03. The monoisotopic (exact) mass is 363 g/mol. The largest absolute Gasteiger partial charge is 0.351 e. The number of aromatic amines is 2. The maximum absolute atomic E-state index is 13.4. The zero-order valence-corrected chi connectivity index (χ0v) is 14.9. The van der Waals surface area contributed by atoms with E-state index in [0.29, 0.717) is 22.0 Å². The summed E-state index contributed by atoms with van der Waals surface area (Å²) in [6.07, 6.45) is 1.65. The Morgan fingerprint density at radius 1 is 1.11 bits per heavy atom. The number of pyridine rings is 1. The number of amides is 1. The average Bonchev–Trinajstić information content (AvgIpc) is 3.10. The van der Waals surface area contributed by atoms with Crippen molar-refractivity contribution in [1.82, 2.24) is 14.9 Å². The van der Waals surface area contributed by atoms with E-state index in [1.807, 2.05) is 25.1 Å². The van der Waals surface area contributed by atoms with Gasteiger partial charge in [-0.3, -0.25) is 9.59 Å². The standard InChI is InChI=1S/C21H18FN3O2/c1-12(17-11-23-20(26)16-6-4-3-5-15(16)17)25(2)21(27)19-10-13-9-14(22)7-8-18(13)24-19/h3-12,24H,1-2H3,(H,23,26). The van der Waals surface area contributed by atoms with Crippen molar-refractivity contribution in [3.05, 3.63) is 82.2 Å². The second-order valence-corrected chi connectivity index (χ2v) is 6.63. The van der Waals surface area contributed by atoms with Gasteiger partial charge in [0.15, 0.2) is 0 Å². The molecule has 6 heteroatoms. The first-order valence-electron chi connectivity index (χ1n) is 8.61. The topological polar surface area (TPSA) is 69.0 Å². The third-order valence-corrected chi connectivity index (χ3v) is 5.01. The lowest BCUT2D eigenvalue weighted by Crippen LogP contribution is -2.30. The molecule has 1 amide bonds. The number of carbonyl (C=O) groups excluding carboxylic acids is 1. The van der Waals surface area contributed by atoms with Gasteiger partial charge in [0.1, 0.15) is 11.5 Å². The minimum absolute atomic E-state index is 0.159. The summed E-state index contributed by atoms with van der Waals surface area (Å²) in [4.78, 5) is 32.4. The molecule has 5 nitrogen and oxygen atoms in total. The van der Waals surface area contributed by atoms with E-state index >= 15 is 0 Å². The number of rotatable bonds is 3. The highest BCUT2D eigenvalue weighted by Crippen LogP contribution is 2.27. The fraction of sp³-hybridized carbons (Fsp3) is 0.143. The molecule has 0 fully saturated rings. The predicted molar refractivity (Wildman–Crippen MR) is 103 cm³/mol. The van der Waals surface area contributed by atoms with Gasteiger partial charge in [-0.1, -0.05) is 18.2 Å². The molecule has 0 aliphatic heterocycles. The van der Waals surface area contributed by atoms with E-state index < -0.39 is 0 Å². The second kappa shape index (κ2) is 6.39. The lowest BCUT2D eigenvalue weighted by Gasteiger charge is -2.25. The van der Waals surface area contributed by atoms with E-state index in [2.05, 4.69) is 9.97 Å². The molecule has 2 aromatic heterocycles. The van der Waals surface area contributed by atoms with Gasteiger partial charge >= 0.3 is 0 Å². The SMILES string of the molecule is CC(c1c[nH]c(=O)c2ccccc12)N(C)C(=O)c1cc2cc(F)ccc2[nH]1. The van der Waals surface area contributed by atoms with Gasteiger partial charge in [-0.2, -0.15) is 0 Å². The number of nitrogens with one attached hydrogen (secondary N) is 2. The summed E-state index contributed by atoms with van der Waals surface area (Å²) >= 11 is 0. The molecule has 2 aromatic carbocycles. The fourth-order valence-electron chi connectivity index (χ4n) is 3.37. The first-order chi connectivity index (χ1) is 13.0. The Balaban J connectivity index is 1.71. The number of H-pyrrole nitrogens is 2. The zero-order chi connectivity index (χ0) is 19.1. The highest BCUT2D eigenvalue weighted by molar-refractivity contribution is 5.98. The molecule has 0 saturated heterocycles. The second-order valence-electron chi connectivity index (χ2n) is 6.63. The maximum Gasteiger partial charge on any atom is 0.270 e. The molecular weight excluding hydrogens is 345 g/mol. The first kappa shape index (κ1) is 17.0. The highest BCUT2D eigenvalue weighted by Gasteiger charge is 2.22. The average molecular weight is 363 g/mol. The Morgan fingerprint density at radius 3 is 2.63 bits per heavy atom. The molecule has 136 valence electrons. The summed E-state index contributed by atoms with van der Waals surface area (Å²) < 4.78 is 13.4. The van der Waals surface area contributed by atoms with Crippen LogP contribution in [0.3, 0.4) is 0 Å². The number of benzene rings is 2. The number of hydrogen-bond donors (Lipinski definition) is 2. The summed E-state index contributed by atoms with van der Waals surface area (Å²) in [5.74, 6) is -0.559. The molecule has 0 saturated carbocycles. The van der Waals surface area contributed by atoms with Gasteiger partial charge in [0, 0.05) is 29.5 Å². The van der Waals surface area contributed by atoms with E-state index in [0.717, 1.165) is 10.9 Å². The smallest absolute Gasteiger partial charge is 0.270 e. The van der Waals surface area contributed by atoms with Gasteiger partial charge in [0.2, 0.25) is 0 Å². The molecule has 1 atom stereocenters. The number of nitrogens with zero attached hydrogens (tertiary/aromatic N) is 1. The van der Waals surface area contributed by atoms with Crippen molar-refractivity contribution in [2.75, 3.05) is 7.05 Å². The summed E-state index contributed by atoms with van der Waals surface area (Å²) in [6.45, 7) is 1.90. The normalized spacial score (nSPS) is 12.4. The third kappa shape index (κ3) is 2.89. The minimum atomic E-state index is -0.345. The van der Waals surface area contributed by atoms with Crippen LogP contribution in [0.5, 0.6) is 0 Å². The molecule has 0 bridgehead atoms. The van der Waals surface area contributed by atoms with Crippen molar-refractivity contribution < 1.29 is 9.18 Å². The Labute approximate surface area is 154 Å². The number of fused-ring (bicyclic) bond motifs is 2. The lowest BCUT2D eigenvalue weighted by atomic mass is 10.0. The van der Waals surface area contributed by atoms with Crippen LogP contribution < -0.4 is 5.56 Å². The molecule has 0 aliphatic rings. The molecule has 0 aliphatic carbocycles. The molecule has 0 radical (unpaired) electrons. The van der Waals surface area contributed by atoms with E-state index in [-0.39, 0.29) is 23.3 Å². The number of aromatic nitrogens is 2. The Bertz CT molecular complexity index is 1230.